The van der Waals surface area contributed by atoms with Crippen molar-refractivity contribution in [1.29, 1.82) is 0 Å². The fraction of sp³-hybridized carbons (Fsp3) is 0.483. The van der Waals surface area contributed by atoms with E-state index in [0.29, 0.717) is 6.42 Å². The molecule has 0 radical (unpaired) electrons. The number of nitrogens with one attached hydrogen (secondary N) is 1. The Morgan fingerprint density at radius 1 is 1.09 bits per heavy atom. The zero-order valence-electron chi connectivity index (χ0n) is 20.7. The van der Waals surface area contributed by atoms with E-state index in [9.17, 15) is 9.18 Å². The van der Waals surface area contributed by atoms with E-state index in [-0.39, 0.29) is 22.8 Å². The standard InChI is InChI=1S/C29H36FN3O/c1-4-5-13-26(34)33-19-14-24-23-11-6-7-12-25(23)31-27(24)29(33)17-15-28(16-18-29,32(2)3)21-9-8-10-22(30)20-21/h6-12,20,31H,4-5,13-19H2,1-3H3. The zero-order valence-corrected chi connectivity index (χ0v) is 20.7. The Balaban J connectivity index is 1.58. The number of benzene rings is 2. The predicted octanol–water partition coefficient (Wildman–Crippen LogP) is 6.11. The number of hydrogen-bond donors (Lipinski definition) is 1. The van der Waals surface area contributed by atoms with Crippen LogP contribution in [0.15, 0.2) is 48.5 Å². The van der Waals surface area contributed by atoms with E-state index in [2.05, 4.69) is 66.1 Å². The molecule has 2 aliphatic rings. The molecule has 4 nitrogen and oxygen atoms in total. The van der Waals surface area contributed by atoms with Crippen molar-refractivity contribution in [2.75, 3.05) is 20.6 Å². The molecule has 0 atom stereocenters. The van der Waals surface area contributed by atoms with Crippen molar-refractivity contribution in [1.82, 2.24) is 14.8 Å². The van der Waals surface area contributed by atoms with Crippen LogP contribution in [-0.4, -0.2) is 41.3 Å². The molecule has 5 rings (SSSR count). The number of rotatable bonds is 5. The van der Waals surface area contributed by atoms with Gasteiger partial charge in [0.15, 0.2) is 0 Å². The van der Waals surface area contributed by atoms with Crippen LogP contribution in [0, 0.1) is 5.82 Å². The van der Waals surface area contributed by atoms with Gasteiger partial charge in [0.1, 0.15) is 5.82 Å². The van der Waals surface area contributed by atoms with Crippen molar-refractivity contribution in [3.05, 3.63) is 71.2 Å². The van der Waals surface area contributed by atoms with Crippen molar-refractivity contribution < 1.29 is 9.18 Å². The number of H-pyrrole nitrogens is 1. The molecule has 2 heterocycles. The highest BCUT2D eigenvalue weighted by Crippen LogP contribution is 2.53. The molecule has 180 valence electrons. The van der Waals surface area contributed by atoms with E-state index >= 15 is 0 Å². The Labute approximate surface area is 202 Å². The molecule has 0 bridgehead atoms. The van der Waals surface area contributed by atoms with Gasteiger partial charge in [-0.1, -0.05) is 43.7 Å². The number of nitrogens with zero attached hydrogens (tertiary/aromatic N) is 2. The molecule has 1 saturated carbocycles. The first kappa shape index (κ1) is 23.1. The van der Waals surface area contributed by atoms with Gasteiger partial charge in [0.05, 0.1) is 5.54 Å². The quantitative estimate of drug-likeness (QED) is 0.498. The van der Waals surface area contributed by atoms with Crippen LogP contribution < -0.4 is 0 Å². The Bertz CT molecular complexity index is 1190. The molecule has 1 fully saturated rings. The molecule has 3 aromatic rings. The summed E-state index contributed by atoms with van der Waals surface area (Å²) in [5.74, 6) is 0.0835. The second-order valence-corrected chi connectivity index (χ2v) is 10.4. The summed E-state index contributed by atoms with van der Waals surface area (Å²) < 4.78 is 14.2. The second-order valence-electron chi connectivity index (χ2n) is 10.4. The van der Waals surface area contributed by atoms with E-state index in [1.54, 1.807) is 6.07 Å². The maximum atomic E-state index is 14.2. The van der Waals surface area contributed by atoms with E-state index in [1.165, 1.54) is 22.7 Å². The molecule has 34 heavy (non-hydrogen) atoms. The number of amides is 1. The van der Waals surface area contributed by atoms with Gasteiger partial charge in [-0.3, -0.25) is 9.69 Å². The fourth-order valence-corrected chi connectivity index (χ4v) is 6.62. The molecule has 1 aromatic heterocycles. The lowest BCUT2D eigenvalue weighted by Gasteiger charge is -2.55. The summed E-state index contributed by atoms with van der Waals surface area (Å²) in [5.41, 5.74) is 4.22. The zero-order chi connectivity index (χ0) is 23.9. The molecular formula is C29H36FN3O. The van der Waals surface area contributed by atoms with Crippen molar-refractivity contribution in [2.45, 2.75) is 69.4 Å². The lowest BCUT2D eigenvalue weighted by molar-refractivity contribution is -0.143. The van der Waals surface area contributed by atoms with Gasteiger partial charge in [-0.2, -0.15) is 0 Å². The largest absolute Gasteiger partial charge is 0.356 e. The van der Waals surface area contributed by atoms with Crippen molar-refractivity contribution in [3.8, 4) is 0 Å². The van der Waals surface area contributed by atoms with Crippen molar-refractivity contribution >= 4 is 16.8 Å². The van der Waals surface area contributed by atoms with Gasteiger partial charge in [-0.05, 0) is 81.9 Å². The summed E-state index contributed by atoms with van der Waals surface area (Å²) in [4.78, 5) is 21.7. The number of unbranched alkanes of at least 4 members (excludes halogenated alkanes) is 1. The topological polar surface area (TPSA) is 39.3 Å². The molecule has 1 spiro atoms. The lowest BCUT2D eigenvalue weighted by Crippen LogP contribution is -2.58. The summed E-state index contributed by atoms with van der Waals surface area (Å²) in [5, 5.41) is 1.28. The highest BCUT2D eigenvalue weighted by Gasteiger charge is 2.52. The van der Waals surface area contributed by atoms with Crippen molar-refractivity contribution in [3.63, 3.8) is 0 Å². The number of fused-ring (bicyclic) bond motifs is 4. The van der Waals surface area contributed by atoms with E-state index in [1.807, 2.05) is 6.07 Å². The molecule has 1 amide bonds. The number of aromatic nitrogens is 1. The molecule has 5 heteroatoms. The molecule has 2 aromatic carbocycles. The van der Waals surface area contributed by atoms with Gasteiger partial charge < -0.3 is 9.88 Å². The summed E-state index contributed by atoms with van der Waals surface area (Å²) in [6.07, 6.45) is 6.91. The van der Waals surface area contributed by atoms with Crippen LogP contribution in [0.2, 0.25) is 0 Å². The van der Waals surface area contributed by atoms with Gasteiger partial charge in [0, 0.05) is 35.1 Å². The minimum atomic E-state index is -0.329. The Kier molecular flexibility index (Phi) is 6.01. The van der Waals surface area contributed by atoms with E-state index in [0.717, 1.165) is 62.6 Å². The van der Waals surface area contributed by atoms with Gasteiger partial charge in [0.2, 0.25) is 5.91 Å². The first-order valence-electron chi connectivity index (χ1n) is 12.8. The Morgan fingerprint density at radius 3 is 2.56 bits per heavy atom. The highest BCUT2D eigenvalue weighted by molar-refractivity contribution is 5.86. The van der Waals surface area contributed by atoms with Gasteiger partial charge in [-0.25, -0.2) is 4.39 Å². The van der Waals surface area contributed by atoms with Crippen LogP contribution >= 0.6 is 0 Å². The minimum absolute atomic E-state index is 0.189. The average molecular weight is 462 g/mol. The van der Waals surface area contributed by atoms with Crippen molar-refractivity contribution in [2.24, 2.45) is 0 Å². The number of carbonyl (C=O) groups is 1. The molecule has 1 aliphatic heterocycles. The highest BCUT2D eigenvalue weighted by atomic mass is 19.1. The molecule has 1 aliphatic carbocycles. The number of carbonyl (C=O) groups excluding carboxylic acids is 1. The Hall–Kier alpha value is -2.66. The minimum Gasteiger partial charge on any atom is -0.356 e. The van der Waals surface area contributed by atoms with Crippen LogP contribution in [-0.2, 0) is 22.3 Å². The van der Waals surface area contributed by atoms with Gasteiger partial charge >= 0.3 is 0 Å². The molecule has 1 N–H and O–H groups in total. The van der Waals surface area contributed by atoms with Gasteiger partial charge in [-0.15, -0.1) is 0 Å². The van der Waals surface area contributed by atoms with E-state index in [4.69, 9.17) is 0 Å². The maximum absolute atomic E-state index is 14.2. The van der Waals surface area contributed by atoms with Crippen LogP contribution in [0.5, 0.6) is 0 Å². The SMILES string of the molecule is CCCCC(=O)N1CCc2c([nH]c3ccccc23)C12CCC(c1cccc(F)c1)(N(C)C)CC2. The number of hydrogen-bond acceptors (Lipinski definition) is 2. The lowest BCUT2D eigenvalue weighted by atomic mass is 9.65. The van der Waals surface area contributed by atoms with Crippen LogP contribution in [0.3, 0.4) is 0 Å². The third-order valence-corrected chi connectivity index (χ3v) is 8.55. The number of para-hydroxylation sites is 1. The monoisotopic (exact) mass is 461 g/mol. The van der Waals surface area contributed by atoms with Gasteiger partial charge in [0.25, 0.3) is 0 Å². The summed E-state index contributed by atoms with van der Waals surface area (Å²) >= 11 is 0. The second kappa shape index (κ2) is 8.84. The fourth-order valence-electron chi connectivity index (χ4n) is 6.62. The number of halogens is 1. The summed E-state index contributed by atoms with van der Waals surface area (Å²) in [7, 11) is 4.20. The third kappa shape index (κ3) is 3.56. The first-order valence-corrected chi connectivity index (χ1v) is 12.8. The van der Waals surface area contributed by atoms with E-state index < -0.39 is 0 Å². The predicted molar refractivity (Wildman–Crippen MR) is 135 cm³/mol. The van der Waals surface area contributed by atoms with Crippen LogP contribution in [0.4, 0.5) is 4.39 Å². The van der Waals surface area contributed by atoms with Crippen LogP contribution in [0.25, 0.3) is 10.9 Å². The average Bonchev–Trinajstić information content (AvgIpc) is 3.23. The summed E-state index contributed by atoms with van der Waals surface area (Å²) in [6, 6.07) is 15.6. The molecule has 0 saturated heterocycles. The Morgan fingerprint density at radius 2 is 1.85 bits per heavy atom. The summed E-state index contributed by atoms with van der Waals surface area (Å²) in [6.45, 7) is 2.91. The molecular weight excluding hydrogens is 425 g/mol. The van der Waals surface area contributed by atoms with Crippen LogP contribution in [0.1, 0.15) is 68.7 Å². The number of aromatic amines is 1. The normalized spacial score (nSPS) is 24.7. The first-order chi connectivity index (χ1) is 16.4. The third-order valence-electron chi connectivity index (χ3n) is 8.55. The smallest absolute Gasteiger partial charge is 0.223 e. The maximum Gasteiger partial charge on any atom is 0.223 e. The molecule has 0 unspecified atom stereocenters.